The van der Waals surface area contributed by atoms with Gasteiger partial charge in [0.25, 0.3) is 5.91 Å². The van der Waals surface area contributed by atoms with Crippen LogP contribution in [0.25, 0.3) is 5.69 Å². The third kappa shape index (κ3) is 3.73. The van der Waals surface area contributed by atoms with Crippen LogP contribution in [0.3, 0.4) is 0 Å². The van der Waals surface area contributed by atoms with E-state index in [2.05, 4.69) is 15.7 Å². The first-order valence-electron chi connectivity index (χ1n) is 8.60. The smallest absolute Gasteiger partial charge is 0.255 e. The zero-order valence-corrected chi connectivity index (χ0v) is 14.9. The zero-order valence-electron chi connectivity index (χ0n) is 14.9. The molecule has 0 saturated carbocycles. The fourth-order valence-corrected chi connectivity index (χ4v) is 2.95. The quantitative estimate of drug-likeness (QED) is 0.899. The molecule has 0 aliphatic carbocycles. The van der Waals surface area contributed by atoms with Gasteiger partial charge in [-0.15, -0.1) is 0 Å². The number of aromatic nitrogens is 2. The van der Waals surface area contributed by atoms with Gasteiger partial charge in [0.2, 0.25) is 5.91 Å². The Kier molecular flexibility index (Phi) is 4.61. The third-order valence-electron chi connectivity index (χ3n) is 4.28. The van der Waals surface area contributed by atoms with Crippen molar-refractivity contribution in [1.82, 2.24) is 20.4 Å². The highest BCUT2D eigenvalue weighted by Crippen LogP contribution is 2.26. The van der Waals surface area contributed by atoms with Crippen LogP contribution < -0.4 is 10.6 Å². The molecule has 6 heteroatoms. The van der Waals surface area contributed by atoms with Crippen molar-refractivity contribution in [3.63, 3.8) is 0 Å². The van der Waals surface area contributed by atoms with Crippen LogP contribution in [0.4, 0.5) is 0 Å². The lowest BCUT2D eigenvalue weighted by molar-refractivity contribution is -0.124. The number of rotatable bonds is 3. The molecule has 1 aliphatic rings. The van der Waals surface area contributed by atoms with Gasteiger partial charge < -0.3 is 10.6 Å². The summed E-state index contributed by atoms with van der Waals surface area (Å²) in [6.07, 6.45) is 3.27. The van der Waals surface area contributed by atoms with Gasteiger partial charge in [0.05, 0.1) is 16.9 Å². The largest absolute Gasteiger partial charge is 0.354 e. The molecular formula is C19H24N4O2. The zero-order chi connectivity index (χ0) is 18.0. The number of nitrogens with one attached hydrogen (secondary N) is 2. The fraction of sp³-hybridized carbons (Fsp3) is 0.421. The van der Waals surface area contributed by atoms with Crippen molar-refractivity contribution in [2.45, 2.75) is 45.1 Å². The van der Waals surface area contributed by atoms with E-state index in [4.69, 9.17) is 0 Å². The van der Waals surface area contributed by atoms with Crippen LogP contribution >= 0.6 is 0 Å². The van der Waals surface area contributed by atoms with Gasteiger partial charge in [-0.3, -0.25) is 9.59 Å². The van der Waals surface area contributed by atoms with E-state index in [9.17, 15) is 9.59 Å². The summed E-state index contributed by atoms with van der Waals surface area (Å²) < 4.78 is 1.72. The predicted octanol–water partition coefficient (Wildman–Crippen LogP) is 2.18. The average Bonchev–Trinajstić information content (AvgIpc) is 3.04. The number of benzene rings is 1. The Morgan fingerprint density at radius 2 is 2.00 bits per heavy atom. The fourth-order valence-electron chi connectivity index (χ4n) is 2.95. The summed E-state index contributed by atoms with van der Waals surface area (Å²) >= 11 is 0. The SMILES string of the molecule is CC(C)(C)c1nn(-c2ccccc2)cc1C(=O)NC1CCCNC1=O. The normalized spacial score (nSPS) is 17.9. The number of piperidine rings is 1. The molecule has 1 unspecified atom stereocenters. The van der Waals surface area contributed by atoms with E-state index in [0.29, 0.717) is 24.2 Å². The molecule has 3 rings (SSSR count). The third-order valence-corrected chi connectivity index (χ3v) is 4.28. The van der Waals surface area contributed by atoms with E-state index in [0.717, 1.165) is 12.1 Å². The highest BCUT2D eigenvalue weighted by Gasteiger charge is 2.30. The monoisotopic (exact) mass is 340 g/mol. The lowest BCUT2D eigenvalue weighted by Gasteiger charge is -2.23. The van der Waals surface area contributed by atoms with E-state index in [1.54, 1.807) is 10.9 Å². The Hall–Kier alpha value is -2.63. The minimum atomic E-state index is -0.478. The maximum atomic E-state index is 12.8. The van der Waals surface area contributed by atoms with Crippen molar-refractivity contribution in [2.24, 2.45) is 0 Å². The second-order valence-electron chi connectivity index (χ2n) is 7.38. The molecule has 2 heterocycles. The van der Waals surface area contributed by atoms with Crippen LogP contribution in [-0.4, -0.2) is 34.2 Å². The topological polar surface area (TPSA) is 76.0 Å². The molecule has 6 nitrogen and oxygen atoms in total. The molecule has 25 heavy (non-hydrogen) atoms. The van der Waals surface area contributed by atoms with E-state index < -0.39 is 6.04 Å². The Labute approximate surface area is 147 Å². The van der Waals surface area contributed by atoms with Crippen LogP contribution in [0.2, 0.25) is 0 Å². The second kappa shape index (κ2) is 6.70. The van der Waals surface area contributed by atoms with Crippen LogP contribution in [-0.2, 0) is 10.2 Å². The van der Waals surface area contributed by atoms with Crippen LogP contribution in [0.15, 0.2) is 36.5 Å². The van der Waals surface area contributed by atoms with Crippen molar-refractivity contribution in [2.75, 3.05) is 6.54 Å². The molecule has 2 aromatic rings. The number of hydrogen-bond donors (Lipinski definition) is 2. The van der Waals surface area contributed by atoms with Gasteiger partial charge in [-0.2, -0.15) is 5.10 Å². The highest BCUT2D eigenvalue weighted by molar-refractivity contribution is 5.98. The van der Waals surface area contributed by atoms with E-state index in [-0.39, 0.29) is 17.2 Å². The van der Waals surface area contributed by atoms with Crippen LogP contribution in [0, 0.1) is 0 Å². The number of para-hydroxylation sites is 1. The molecule has 1 saturated heterocycles. The Bertz CT molecular complexity index is 774. The number of carbonyl (C=O) groups excluding carboxylic acids is 2. The number of hydrogen-bond acceptors (Lipinski definition) is 3. The van der Waals surface area contributed by atoms with Crippen LogP contribution in [0.5, 0.6) is 0 Å². The number of nitrogens with zero attached hydrogens (tertiary/aromatic N) is 2. The molecule has 2 amide bonds. The average molecular weight is 340 g/mol. The first-order valence-corrected chi connectivity index (χ1v) is 8.60. The Morgan fingerprint density at radius 3 is 2.64 bits per heavy atom. The predicted molar refractivity (Wildman–Crippen MR) is 95.8 cm³/mol. The molecule has 1 atom stereocenters. The van der Waals surface area contributed by atoms with Crippen LogP contribution in [0.1, 0.15) is 49.7 Å². The summed E-state index contributed by atoms with van der Waals surface area (Å²) in [7, 11) is 0. The molecule has 0 radical (unpaired) electrons. The molecule has 0 bridgehead atoms. The van der Waals surface area contributed by atoms with Gasteiger partial charge in [0.15, 0.2) is 0 Å². The number of carbonyl (C=O) groups is 2. The molecule has 1 aromatic carbocycles. The lowest BCUT2D eigenvalue weighted by atomic mass is 9.89. The molecule has 1 fully saturated rings. The van der Waals surface area contributed by atoms with E-state index in [1.807, 2.05) is 51.1 Å². The van der Waals surface area contributed by atoms with Gasteiger partial charge in [-0.05, 0) is 25.0 Å². The summed E-state index contributed by atoms with van der Waals surface area (Å²) in [5.74, 6) is -0.374. The summed E-state index contributed by atoms with van der Waals surface area (Å²) in [5, 5.41) is 10.3. The van der Waals surface area contributed by atoms with Crippen molar-refractivity contribution in [1.29, 1.82) is 0 Å². The second-order valence-corrected chi connectivity index (χ2v) is 7.38. The minimum Gasteiger partial charge on any atom is -0.354 e. The first kappa shape index (κ1) is 17.2. The summed E-state index contributed by atoms with van der Waals surface area (Å²) in [6, 6.07) is 9.20. The Morgan fingerprint density at radius 1 is 1.28 bits per heavy atom. The first-order chi connectivity index (χ1) is 11.9. The molecule has 1 aliphatic heterocycles. The minimum absolute atomic E-state index is 0.118. The van der Waals surface area contributed by atoms with E-state index >= 15 is 0 Å². The summed E-state index contributed by atoms with van der Waals surface area (Å²) in [5.41, 5.74) is 1.82. The van der Waals surface area contributed by atoms with E-state index in [1.165, 1.54) is 0 Å². The lowest BCUT2D eigenvalue weighted by Crippen LogP contribution is -2.50. The molecule has 2 N–H and O–H groups in total. The van der Waals surface area contributed by atoms with Crippen molar-refractivity contribution in [3.8, 4) is 5.69 Å². The summed E-state index contributed by atoms with van der Waals surface area (Å²) in [6.45, 7) is 6.74. The van der Waals surface area contributed by atoms with Gasteiger partial charge in [0, 0.05) is 18.2 Å². The standard InChI is InChI=1S/C19H24N4O2/c1-19(2,3)16-14(12-23(22-16)13-8-5-4-6-9-13)17(24)21-15-10-7-11-20-18(15)25/h4-6,8-9,12,15H,7,10-11H2,1-3H3,(H,20,25)(H,21,24). The molecular weight excluding hydrogens is 316 g/mol. The molecule has 1 aromatic heterocycles. The highest BCUT2D eigenvalue weighted by atomic mass is 16.2. The molecule has 132 valence electrons. The van der Waals surface area contributed by atoms with Crippen molar-refractivity contribution < 1.29 is 9.59 Å². The van der Waals surface area contributed by atoms with Gasteiger partial charge in [0.1, 0.15) is 6.04 Å². The maximum absolute atomic E-state index is 12.8. The summed E-state index contributed by atoms with van der Waals surface area (Å²) in [4.78, 5) is 24.7. The van der Waals surface area contributed by atoms with Crippen molar-refractivity contribution >= 4 is 11.8 Å². The number of amides is 2. The van der Waals surface area contributed by atoms with Gasteiger partial charge in [-0.1, -0.05) is 39.0 Å². The molecule has 0 spiro atoms. The Balaban J connectivity index is 1.92. The van der Waals surface area contributed by atoms with Gasteiger partial charge in [-0.25, -0.2) is 4.68 Å². The maximum Gasteiger partial charge on any atom is 0.255 e. The van der Waals surface area contributed by atoms with Gasteiger partial charge >= 0.3 is 0 Å². The van der Waals surface area contributed by atoms with Crippen molar-refractivity contribution in [3.05, 3.63) is 47.8 Å².